The maximum Gasteiger partial charge on any atom is 0.408 e. The Hall–Kier alpha value is -3.01. The molecule has 152 valence electrons. The number of nitrogens with one attached hydrogen (secondary N) is 1. The molecule has 0 spiro atoms. The highest BCUT2D eigenvalue weighted by molar-refractivity contribution is 5.96. The van der Waals surface area contributed by atoms with Crippen LogP contribution in [0.25, 0.3) is 0 Å². The second kappa shape index (κ2) is 10.4. The van der Waals surface area contributed by atoms with E-state index >= 15 is 0 Å². The lowest BCUT2D eigenvalue weighted by molar-refractivity contribution is 0.0507. The van der Waals surface area contributed by atoms with Gasteiger partial charge in [0.15, 0.2) is 0 Å². The second-order valence-electron chi connectivity index (χ2n) is 6.88. The van der Waals surface area contributed by atoms with Crippen molar-refractivity contribution < 1.29 is 28.6 Å². The average Bonchev–Trinajstić information content (AvgIpc) is 2.58. The van der Waals surface area contributed by atoms with Gasteiger partial charge in [-0.15, -0.1) is 0 Å². The summed E-state index contributed by atoms with van der Waals surface area (Å²) in [5.74, 6) is 4.58. The topological polar surface area (TPSA) is 90.9 Å². The van der Waals surface area contributed by atoms with Crippen LogP contribution in [0.15, 0.2) is 18.2 Å². The summed E-state index contributed by atoms with van der Waals surface area (Å²) in [6.45, 7) is 10.8. The van der Waals surface area contributed by atoms with Crippen LogP contribution in [0, 0.1) is 11.8 Å². The summed E-state index contributed by atoms with van der Waals surface area (Å²) in [4.78, 5) is 35.9. The molecule has 7 nitrogen and oxygen atoms in total. The third kappa shape index (κ3) is 8.12. The van der Waals surface area contributed by atoms with E-state index in [1.807, 2.05) is 0 Å². The van der Waals surface area contributed by atoms with Crippen LogP contribution >= 0.6 is 0 Å². The SMILES string of the molecule is CCOC(=O)c1cc(C#CC(C)NC(=O)OC(C)(C)C)cc(C(=O)OCC)c1. The molecule has 1 atom stereocenters. The first kappa shape index (κ1) is 23.0. The molecule has 0 saturated heterocycles. The number of esters is 2. The number of hydrogen-bond acceptors (Lipinski definition) is 6. The minimum absolute atomic E-state index is 0.199. The average molecular weight is 389 g/mol. The number of carbonyl (C=O) groups is 3. The van der Waals surface area contributed by atoms with Gasteiger partial charge in [0.25, 0.3) is 0 Å². The van der Waals surface area contributed by atoms with E-state index in [-0.39, 0.29) is 24.3 Å². The van der Waals surface area contributed by atoms with E-state index in [9.17, 15) is 14.4 Å². The van der Waals surface area contributed by atoms with E-state index < -0.39 is 29.7 Å². The van der Waals surface area contributed by atoms with Crippen molar-refractivity contribution in [1.82, 2.24) is 5.32 Å². The Balaban J connectivity index is 3.06. The zero-order valence-corrected chi connectivity index (χ0v) is 17.2. The Labute approximate surface area is 165 Å². The van der Waals surface area contributed by atoms with Crippen LogP contribution < -0.4 is 5.32 Å². The van der Waals surface area contributed by atoms with Gasteiger partial charge in [0.05, 0.1) is 30.4 Å². The maximum absolute atomic E-state index is 12.0. The molecular weight excluding hydrogens is 362 g/mol. The zero-order chi connectivity index (χ0) is 21.3. The van der Waals surface area contributed by atoms with Gasteiger partial charge < -0.3 is 19.5 Å². The van der Waals surface area contributed by atoms with Gasteiger partial charge in [0.2, 0.25) is 0 Å². The van der Waals surface area contributed by atoms with Gasteiger partial charge in [-0.2, -0.15) is 0 Å². The highest BCUT2D eigenvalue weighted by Crippen LogP contribution is 2.13. The van der Waals surface area contributed by atoms with Crippen molar-refractivity contribution in [2.75, 3.05) is 13.2 Å². The van der Waals surface area contributed by atoms with E-state index in [2.05, 4.69) is 17.2 Å². The van der Waals surface area contributed by atoms with Gasteiger partial charge in [-0.05, 0) is 59.7 Å². The van der Waals surface area contributed by atoms with Gasteiger partial charge in [0.1, 0.15) is 5.60 Å². The molecule has 1 unspecified atom stereocenters. The number of rotatable bonds is 5. The number of carbonyl (C=O) groups excluding carboxylic acids is 3. The predicted molar refractivity (Wildman–Crippen MR) is 104 cm³/mol. The molecule has 0 fully saturated rings. The number of alkyl carbamates (subject to hydrolysis) is 1. The highest BCUT2D eigenvalue weighted by Gasteiger charge is 2.17. The van der Waals surface area contributed by atoms with Crippen molar-refractivity contribution in [1.29, 1.82) is 0 Å². The molecule has 0 bridgehead atoms. The monoisotopic (exact) mass is 389 g/mol. The van der Waals surface area contributed by atoms with E-state index in [0.29, 0.717) is 5.56 Å². The van der Waals surface area contributed by atoms with Gasteiger partial charge >= 0.3 is 18.0 Å². The lowest BCUT2D eigenvalue weighted by Gasteiger charge is -2.20. The highest BCUT2D eigenvalue weighted by atomic mass is 16.6. The van der Waals surface area contributed by atoms with E-state index in [4.69, 9.17) is 14.2 Å². The molecule has 1 aromatic carbocycles. The normalized spacial score (nSPS) is 11.5. The van der Waals surface area contributed by atoms with Crippen molar-refractivity contribution in [2.24, 2.45) is 0 Å². The van der Waals surface area contributed by atoms with Crippen molar-refractivity contribution in [2.45, 2.75) is 53.2 Å². The minimum Gasteiger partial charge on any atom is -0.462 e. The number of ether oxygens (including phenoxy) is 3. The number of benzene rings is 1. The summed E-state index contributed by atoms with van der Waals surface area (Å²) in [6, 6.07) is 3.94. The molecule has 1 aromatic rings. The smallest absolute Gasteiger partial charge is 0.408 e. The Bertz CT molecular complexity index is 746. The molecule has 0 aliphatic carbocycles. The molecule has 0 aromatic heterocycles. The Morgan fingerprint density at radius 2 is 1.50 bits per heavy atom. The fourth-order valence-corrected chi connectivity index (χ4v) is 2.08. The summed E-state index contributed by atoms with van der Waals surface area (Å²) in [5.41, 5.74) is 0.208. The third-order valence-electron chi connectivity index (χ3n) is 3.12. The van der Waals surface area contributed by atoms with Gasteiger partial charge in [-0.1, -0.05) is 11.8 Å². The molecule has 0 radical (unpaired) electrons. The van der Waals surface area contributed by atoms with Crippen molar-refractivity contribution in [3.8, 4) is 11.8 Å². The van der Waals surface area contributed by atoms with Crippen molar-refractivity contribution in [3.05, 3.63) is 34.9 Å². The van der Waals surface area contributed by atoms with E-state index in [1.165, 1.54) is 18.2 Å². The first-order valence-electron chi connectivity index (χ1n) is 9.06. The summed E-state index contributed by atoms with van der Waals surface area (Å²) >= 11 is 0. The van der Waals surface area contributed by atoms with Crippen molar-refractivity contribution >= 4 is 18.0 Å². The standard InChI is InChI=1S/C21H27NO6/c1-7-26-18(23)16-11-15(12-17(13-16)19(24)27-8-2)10-9-14(3)22-20(25)28-21(4,5)6/h11-14H,7-8H2,1-6H3,(H,22,25). The minimum atomic E-state index is -0.611. The fraction of sp³-hybridized carbons (Fsp3) is 0.476. The first-order chi connectivity index (χ1) is 13.1. The largest absolute Gasteiger partial charge is 0.462 e. The lowest BCUT2D eigenvalue weighted by atomic mass is 10.1. The predicted octanol–water partition coefficient (Wildman–Crippen LogP) is 3.30. The quantitative estimate of drug-likeness (QED) is 0.472. The molecule has 1 amide bonds. The van der Waals surface area contributed by atoms with Gasteiger partial charge in [0, 0.05) is 5.56 Å². The molecule has 0 aliphatic heterocycles. The number of amides is 1. The second-order valence-corrected chi connectivity index (χ2v) is 6.88. The zero-order valence-electron chi connectivity index (χ0n) is 17.2. The fourth-order valence-electron chi connectivity index (χ4n) is 2.08. The van der Waals surface area contributed by atoms with Crippen LogP contribution in [0.3, 0.4) is 0 Å². The van der Waals surface area contributed by atoms with Crippen LogP contribution in [0.4, 0.5) is 4.79 Å². The van der Waals surface area contributed by atoms with Crippen LogP contribution in [-0.4, -0.2) is 42.9 Å². The van der Waals surface area contributed by atoms with Crippen LogP contribution in [0.2, 0.25) is 0 Å². The Morgan fingerprint density at radius 3 is 1.93 bits per heavy atom. The Morgan fingerprint density at radius 1 is 1.00 bits per heavy atom. The molecule has 1 N–H and O–H groups in total. The molecular formula is C21H27NO6. The first-order valence-corrected chi connectivity index (χ1v) is 9.06. The summed E-state index contributed by atoms with van der Waals surface area (Å²) < 4.78 is 15.2. The Kier molecular flexibility index (Phi) is 8.52. The molecule has 0 aliphatic rings. The summed E-state index contributed by atoms with van der Waals surface area (Å²) in [5, 5.41) is 2.60. The van der Waals surface area contributed by atoms with Gasteiger partial charge in [-0.25, -0.2) is 14.4 Å². The van der Waals surface area contributed by atoms with Gasteiger partial charge in [-0.3, -0.25) is 0 Å². The van der Waals surface area contributed by atoms with E-state index in [0.717, 1.165) is 0 Å². The van der Waals surface area contributed by atoms with Crippen LogP contribution in [0.1, 0.15) is 67.8 Å². The molecule has 7 heteroatoms. The van der Waals surface area contributed by atoms with Crippen LogP contribution in [0.5, 0.6) is 0 Å². The van der Waals surface area contributed by atoms with Crippen LogP contribution in [-0.2, 0) is 14.2 Å². The number of hydrogen-bond donors (Lipinski definition) is 1. The maximum atomic E-state index is 12.0. The lowest BCUT2D eigenvalue weighted by Crippen LogP contribution is -2.37. The van der Waals surface area contributed by atoms with Crippen molar-refractivity contribution in [3.63, 3.8) is 0 Å². The third-order valence-corrected chi connectivity index (χ3v) is 3.12. The summed E-state index contributed by atoms with van der Waals surface area (Å²) in [6.07, 6.45) is -0.582. The molecule has 1 rings (SSSR count). The molecule has 0 heterocycles. The van der Waals surface area contributed by atoms with E-state index in [1.54, 1.807) is 41.5 Å². The molecule has 28 heavy (non-hydrogen) atoms. The molecule has 0 saturated carbocycles. The summed E-state index contributed by atoms with van der Waals surface area (Å²) in [7, 11) is 0.